The van der Waals surface area contributed by atoms with E-state index in [-0.39, 0.29) is 28.5 Å². The van der Waals surface area contributed by atoms with Gasteiger partial charge in [-0.25, -0.2) is 0 Å². The van der Waals surface area contributed by atoms with Crippen LogP contribution in [0.15, 0.2) is 36.4 Å². The molecule has 0 bridgehead atoms. The average Bonchev–Trinajstić information content (AvgIpc) is 2.54. The number of benzene rings is 2. The molecule has 2 rings (SSSR count). The van der Waals surface area contributed by atoms with Crippen molar-refractivity contribution in [1.82, 2.24) is 0 Å². The van der Waals surface area contributed by atoms with E-state index in [1.807, 2.05) is 0 Å². The first-order valence-corrected chi connectivity index (χ1v) is 6.42. The number of nitro groups is 2. The van der Waals surface area contributed by atoms with Gasteiger partial charge < -0.3 is 15.2 Å². The van der Waals surface area contributed by atoms with Gasteiger partial charge in [0, 0.05) is 17.7 Å². The fourth-order valence-electron chi connectivity index (χ4n) is 1.88. The molecule has 24 heavy (non-hydrogen) atoms. The van der Waals surface area contributed by atoms with Crippen molar-refractivity contribution in [2.75, 3.05) is 7.11 Å². The van der Waals surface area contributed by atoms with Crippen molar-refractivity contribution < 1.29 is 24.1 Å². The molecule has 0 aromatic heterocycles. The van der Waals surface area contributed by atoms with E-state index >= 15 is 0 Å². The van der Waals surface area contributed by atoms with Crippen LogP contribution in [0, 0.1) is 20.2 Å². The first-order chi connectivity index (χ1) is 11.3. The molecular weight excluding hydrogens is 322 g/mol. The van der Waals surface area contributed by atoms with Crippen LogP contribution in [0.5, 0.6) is 17.2 Å². The van der Waals surface area contributed by atoms with Crippen LogP contribution >= 0.6 is 0 Å². The summed E-state index contributed by atoms with van der Waals surface area (Å²) in [6.07, 6.45) is 0. The summed E-state index contributed by atoms with van der Waals surface area (Å²) in [6, 6.07) is 6.96. The fourth-order valence-corrected chi connectivity index (χ4v) is 1.88. The lowest BCUT2D eigenvalue weighted by Crippen LogP contribution is -2.11. The summed E-state index contributed by atoms with van der Waals surface area (Å²) in [5.74, 6) is -0.989. The van der Waals surface area contributed by atoms with E-state index in [1.165, 1.54) is 31.4 Å². The predicted octanol–water partition coefficient (Wildman–Crippen LogP) is 2.40. The molecule has 0 saturated carbocycles. The third kappa shape index (κ3) is 3.38. The number of hydrogen-bond acceptors (Lipinski definition) is 7. The molecule has 0 aliphatic heterocycles. The van der Waals surface area contributed by atoms with E-state index in [9.17, 15) is 25.0 Å². The van der Waals surface area contributed by atoms with Crippen molar-refractivity contribution in [3.8, 4) is 17.2 Å². The summed E-state index contributed by atoms with van der Waals surface area (Å²) in [5, 5.41) is 22.0. The summed E-state index contributed by atoms with van der Waals surface area (Å²) in [7, 11) is 1.32. The maximum atomic E-state index is 11.2. The minimum Gasteiger partial charge on any atom is -0.493 e. The second-order valence-corrected chi connectivity index (χ2v) is 4.50. The number of amides is 1. The van der Waals surface area contributed by atoms with Crippen LogP contribution in [0.25, 0.3) is 0 Å². The van der Waals surface area contributed by atoms with Gasteiger partial charge in [-0.05, 0) is 18.2 Å². The minimum atomic E-state index is -0.836. The third-order valence-electron chi connectivity index (χ3n) is 3.02. The van der Waals surface area contributed by atoms with Crippen molar-refractivity contribution in [2.24, 2.45) is 5.73 Å². The number of nitro benzene ring substituents is 2. The summed E-state index contributed by atoms with van der Waals surface area (Å²) in [6.45, 7) is 0. The Morgan fingerprint density at radius 1 is 1.00 bits per heavy atom. The Bertz CT molecular complexity index is 835. The zero-order valence-electron chi connectivity index (χ0n) is 12.3. The van der Waals surface area contributed by atoms with Gasteiger partial charge in [-0.15, -0.1) is 0 Å². The van der Waals surface area contributed by atoms with Gasteiger partial charge in [0.15, 0.2) is 11.5 Å². The fraction of sp³-hybridized carbons (Fsp3) is 0.0714. The second-order valence-electron chi connectivity index (χ2n) is 4.50. The lowest BCUT2D eigenvalue weighted by atomic mass is 10.2. The van der Waals surface area contributed by atoms with Crippen LogP contribution in [0.1, 0.15) is 10.4 Å². The maximum absolute atomic E-state index is 11.2. The standard InChI is InChI=1S/C14H11N3O7/c1-23-12-5-3-9(16(19)20)7-13(12)24-11-4-2-8(14(15)18)6-10(11)17(21)22/h2-7H,1H3,(H2,15,18). The van der Waals surface area contributed by atoms with Gasteiger partial charge in [-0.2, -0.15) is 0 Å². The molecule has 2 aromatic carbocycles. The number of primary amides is 1. The highest BCUT2D eigenvalue weighted by molar-refractivity contribution is 5.93. The number of carbonyl (C=O) groups excluding carboxylic acids is 1. The number of non-ortho nitro benzene ring substituents is 1. The van der Waals surface area contributed by atoms with Crippen LogP contribution in [0.3, 0.4) is 0 Å². The van der Waals surface area contributed by atoms with E-state index in [4.69, 9.17) is 15.2 Å². The molecule has 0 heterocycles. The lowest BCUT2D eigenvalue weighted by Gasteiger charge is -2.10. The quantitative estimate of drug-likeness (QED) is 0.630. The number of rotatable bonds is 6. The molecule has 0 spiro atoms. The predicted molar refractivity (Wildman–Crippen MR) is 81.3 cm³/mol. The molecule has 2 aromatic rings. The largest absolute Gasteiger partial charge is 0.493 e. The van der Waals surface area contributed by atoms with Crippen LogP contribution in [0.2, 0.25) is 0 Å². The molecule has 10 heteroatoms. The highest BCUT2D eigenvalue weighted by Gasteiger charge is 2.21. The maximum Gasteiger partial charge on any atom is 0.312 e. The smallest absolute Gasteiger partial charge is 0.312 e. The summed E-state index contributed by atoms with van der Waals surface area (Å²) in [4.78, 5) is 31.7. The van der Waals surface area contributed by atoms with Crippen LogP contribution in [-0.2, 0) is 0 Å². The van der Waals surface area contributed by atoms with Crippen LogP contribution < -0.4 is 15.2 Å². The van der Waals surface area contributed by atoms with Gasteiger partial charge in [-0.3, -0.25) is 25.0 Å². The first kappa shape index (κ1) is 16.7. The lowest BCUT2D eigenvalue weighted by molar-refractivity contribution is -0.386. The zero-order chi connectivity index (χ0) is 17.9. The number of methoxy groups -OCH3 is 1. The molecule has 124 valence electrons. The van der Waals surface area contributed by atoms with Crippen LogP contribution in [0.4, 0.5) is 11.4 Å². The monoisotopic (exact) mass is 333 g/mol. The molecule has 0 fully saturated rings. The Labute approximate surface area is 134 Å². The van der Waals surface area contributed by atoms with E-state index in [1.54, 1.807) is 0 Å². The molecule has 2 N–H and O–H groups in total. The van der Waals surface area contributed by atoms with Crippen molar-refractivity contribution in [3.05, 3.63) is 62.2 Å². The van der Waals surface area contributed by atoms with Crippen molar-refractivity contribution in [1.29, 1.82) is 0 Å². The normalized spacial score (nSPS) is 10.0. The Morgan fingerprint density at radius 2 is 1.67 bits per heavy atom. The van der Waals surface area contributed by atoms with Gasteiger partial charge in [0.2, 0.25) is 11.7 Å². The first-order valence-electron chi connectivity index (χ1n) is 6.42. The molecule has 0 radical (unpaired) electrons. The van der Waals surface area contributed by atoms with Gasteiger partial charge >= 0.3 is 5.69 Å². The topological polar surface area (TPSA) is 148 Å². The SMILES string of the molecule is COc1ccc([N+](=O)[O-])cc1Oc1ccc(C(N)=O)cc1[N+](=O)[O-]. The Balaban J connectivity index is 2.51. The van der Waals surface area contributed by atoms with Crippen molar-refractivity contribution in [2.45, 2.75) is 0 Å². The summed E-state index contributed by atoms with van der Waals surface area (Å²) in [5.41, 5.74) is 4.23. The molecule has 0 atom stereocenters. The second kappa shape index (κ2) is 6.60. The Hall–Kier alpha value is -3.69. The highest BCUT2D eigenvalue weighted by atomic mass is 16.6. The van der Waals surface area contributed by atoms with E-state index in [0.717, 1.165) is 12.1 Å². The minimum absolute atomic E-state index is 0.0694. The van der Waals surface area contributed by atoms with E-state index in [0.29, 0.717) is 0 Å². The Kier molecular flexibility index (Phi) is 4.59. The van der Waals surface area contributed by atoms with E-state index in [2.05, 4.69) is 0 Å². The Morgan fingerprint density at radius 3 is 2.21 bits per heavy atom. The number of hydrogen-bond donors (Lipinski definition) is 1. The van der Waals surface area contributed by atoms with Crippen molar-refractivity contribution in [3.63, 3.8) is 0 Å². The third-order valence-corrected chi connectivity index (χ3v) is 3.02. The molecule has 0 aliphatic carbocycles. The summed E-state index contributed by atoms with van der Waals surface area (Å²) < 4.78 is 10.4. The number of ether oxygens (including phenoxy) is 2. The van der Waals surface area contributed by atoms with Gasteiger partial charge in [0.05, 0.1) is 23.0 Å². The summed E-state index contributed by atoms with van der Waals surface area (Å²) >= 11 is 0. The molecular formula is C14H11N3O7. The number of nitrogens with two attached hydrogens (primary N) is 1. The molecule has 10 nitrogen and oxygen atoms in total. The number of carbonyl (C=O) groups is 1. The number of nitrogens with zero attached hydrogens (tertiary/aromatic N) is 2. The molecule has 0 unspecified atom stereocenters. The van der Waals surface area contributed by atoms with Gasteiger partial charge in [0.1, 0.15) is 0 Å². The van der Waals surface area contributed by atoms with Gasteiger partial charge in [0.25, 0.3) is 5.69 Å². The van der Waals surface area contributed by atoms with Gasteiger partial charge in [-0.1, -0.05) is 0 Å². The van der Waals surface area contributed by atoms with E-state index < -0.39 is 21.4 Å². The molecule has 0 aliphatic rings. The zero-order valence-corrected chi connectivity index (χ0v) is 12.3. The molecule has 1 amide bonds. The van der Waals surface area contributed by atoms with Crippen LogP contribution in [-0.4, -0.2) is 22.9 Å². The average molecular weight is 333 g/mol. The molecule has 0 saturated heterocycles. The van der Waals surface area contributed by atoms with Crippen molar-refractivity contribution >= 4 is 17.3 Å². The highest BCUT2D eigenvalue weighted by Crippen LogP contribution is 2.38.